The zero-order chi connectivity index (χ0) is 23.5. The molecule has 0 aliphatic rings. The van der Waals surface area contributed by atoms with Crippen LogP contribution in [0.4, 0.5) is 11.4 Å². The van der Waals surface area contributed by atoms with Crippen LogP contribution in [0, 0.1) is 0 Å². The number of carbonyl (C=O) groups excluding carboxylic acids is 2. The summed E-state index contributed by atoms with van der Waals surface area (Å²) in [7, 11) is 0. The van der Waals surface area contributed by atoms with Gasteiger partial charge in [-0.15, -0.1) is 0 Å². The van der Waals surface area contributed by atoms with Gasteiger partial charge in [-0.1, -0.05) is 61.7 Å². The van der Waals surface area contributed by atoms with E-state index in [2.05, 4.69) is 18.1 Å². The molecular weight excluding hydrogens is 394 g/mol. The molecule has 2 rings (SSSR count). The van der Waals surface area contributed by atoms with E-state index in [9.17, 15) is 9.59 Å². The van der Waals surface area contributed by atoms with Crippen LogP contribution in [-0.2, 0) is 9.59 Å². The van der Waals surface area contributed by atoms with E-state index in [0.717, 1.165) is 22.6 Å². The number of aldehydes is 1. The fourth-order valence-corrected chi connectivity index (χ4v) is 3.24. The minimum absolute atomic E-state index is 0.162. The molecule has 0 saturated heterocycles. The minimum Gasteiger partial charge on any atom is -0.311 e. The summed E-state index contributed by atoms with van der Waals surface area (Å²) in [4.78, 5) is 26.1. The average molecular weight is 424 g/mol. The Morgan fingerprint density at radius 2 is 1.56 bits per heavy atom. The summed E-state index contributed by atoms with van der Waals surface area (Å²) in [5.41, 5.74) is 5.13. The lowest BCUT2D eigenvalue weighted by Crippen LogP contribution is -2.14. The number of Topliss-reactive ketones (excluding diaryl/α,β-unsaturated/α-hetero) is 1. The highest BCUT2D eigenvalue weighted by molar-refractivity contribution is 6.14. The van der Waals surface area contributed by atoms with Crippen molar-refractivity contribution >= 4 is 29.5 Å². The maximum atomic E-state index is 12.8. The van der Waals surface area contributed by atoms with Gasteiger partial charge >= 0.3 is 0 Å². The van der Waals surface area contributed by atoms with Crippen molar-refractivity contribution in [3.63, 3.8) is 0 Å². The van der Waals surface area contributed by atoms with E-state index in [0.29, 0.717) is 23.0 Å². The smallest absolute Gasteiger partial charge is 0.189 e. The third-order valence-corrected chi connectivity index (χ3v) is 4.84. The summed E-state index contributed by atoms with van der Waals surface area (Å²) in [6, 6.07) is 17.9. The van der Waals surface area contributed by atoms with Crippen molar-refractivity contribution in [3.05, 3.63) is 126 Å². The molecule has 0 amide bonds. The van der Waals surface area contributed by atoms with Crippen molar-refractivity contribution in [2.75, 3.05) is 4.90 Å². The van der Waals surface area contributed by atoms with Crippen molar-refractivity contribution < 1.29 is 9.59 Å². The first-order chi connectivity index (χ1) is 15.5. The van der Waals surface area contributed by atoms with Crippen molar-refractivity contribution in [2.24, 2.45) is 0 Å². The normalized spacial score (nSPS) is 12.8. The summed E-state index contributed by atoms with van der Waals surface area (Å²) in [6.07, 6.45) is 11.4. The predicted molar refractivity (Wildman–Crippen MR) is 136 cm³/mol. The van der Waals surface area contributed by atoms with E-state index in [1.54, 1.807) is 38.2 Å². The second-order valence-corrected chi connectivity index (χ2v) is 7.16. The number of hydrogen-bond donors (Lipinski definition) is 0. The van der Waals surface area contributed by atoms with Gasteiger partial charge in [0, 0.05) is 22.6 Å². The molecule has 162 valence electrons. The first-order valence-electron chi connectivity index (χ1n) is 10.4. The van der Waals surface area contributed by atoms with Crippen molar-refractivity contribution in [1.82, 2.24) is 0 Å². The Bertz CT molecular complexity index is 1100. The highest BCUT2D eigenvalue weighted by atomic mass is 16.1. The Kier molecular flexibility index (Phi) is 9.12. The first kappa shape index (κ1) is 24.3. The average Bonchev–Trinajstić information content (AvgIpc) is 2.82. The molecule has 0 fully saturated rings. The summed E-state index contributed by atoms with van der Waals surface area (Å²) in [6.45, 7) is 13.0. The van der Waals surface area contributed by atoms with Gasteiger partial charge in [0.1, 0.15) is 6.29 Å². The van der Waals surface area contributed by atoms with E-state index in [4.69, 9.17) is 0 Å². The molecule has 0 heterocycles. The Hall–Kier alpha value is -3.98. The maximum absolute atomic E-state index is 12.8. The predicted octanol–water partition coefficient (Wildman–Crippen LogP) is 7.14. The molecule has 0 aromatic heterocycles. The van der Waals surface area contributed by atoms with E-state index in [-0.39, 0.29) is 5.78 Å². The summed E-state index contributed by atoms with van der Waals surface area (Å²) in [5, 5.41) is 0. The molecule has 0 bridgehead atoms. The van der Waals surface area contributed by atoms with Crippen LogP contribution in [0.25, 0.3) is 6.08 Å². The SMILES string of the molecule is C=C/C=C(\C=C)N(c1ccccc1)c1ccc(/C=C(/C)C(=O)C(/C=C\C)=C(/C)C=O)cc1. The minimum atomic E-state index is -0.162. The van der Waals surface area contributed by atoms with Crippen LogP contribution in [0.2, 0.25) is 0 Å². The Morgan fingerprint density at radius 3 is 2.09 bits per heavy atom. The lowest BCUT2D eigenvalue weighted by molar-refractivity contribution is -0.112. The van der Waals surface area contributed by atoms with Crippen molar-refractivity contribution in [2.45, 2.75) is 20.8 Å². The fraction of sp³-hybridized carbons (Fsp3) is 0.103. The van der Waals surface area contributed by atoms with Gasteiger partial charge in [-0.3, -0.25) is 9.59 Å². The quantitative estimate of drug-likeness (QED) is 0.231. The molecule has 0 aliphatic carbocycles. The highest BCUT2D eigenvalue weighted by Crippen LogP contribution is 2.30. The number of para-hydroxylation sites is 1. The Balaban J connectivity index is 2.43. The summed E-state index contributed by atoms with van der Waals surface area (Å²) in [5.74, 6) is -0.162. The van der Waals surface area contributed by atoms with E-state index < -0.39 is 0 Å². The number of carbonyl (C=O) groups is 2. The molecule has 0 spiro atoms. The number of anilines is 2. The molecule has 3 nitrogen and oxygen atoms in total. The molecule has 0 aliphatic heterocycles. The van der Waals surface area contributed by atoms with Gasteiger partial charge in [0.15, 0.2) is 5.78 Å². The Labute approximate surface area is 191 Å². The van der Waals surface area contributed by atoms with Gasteiger partial charge in [0.2, 0.25) is 0 Å². The van der Waals surface area contributed by atoms with E-state index in [1.165, 1.54) is 0 Å². The number of rotatable bonds is 10. The molecule has 2 aromatic carbocycles. The van der Waals surface area contributed by atoms with Crippen LogP contribution < -0.4 is 4.90 Å². The van der Waals surface area contributed by atoms with Gasteiger partial charge in [-0.05, 0) is 80.0 Å². The largest absolute Gasteiger partial charge is 0.311 e. The molecule has 32 heavy (non-hydrogen) atoms. The van der Waals surface area contributed by atoms with Gasteiger partial charge in [-0.2, -0.15) is 0 Å². The van der Waals surface area contributed by atoms with Crippen LogP contribution in [0.1, 0.15) is 26.3 Å². The van der Waals surface area contributed by atoms with Crippen LogP contribution in [-0.4, -0.2) is 12.1 Å². The lowest BCUT2D eigenvalue weighted by Gasteiger charge is -2.26. The molecular formula is C29H29NO2. The number of benzene rings is 2. The molecule has 0 unspecified atom stereocenters. The number of nitrogens with zero attached hydrogens (tertiary/aromatic N) is 1. The first-order valence-corrected chi connectivity index (χ1v) is 10.4. The number of hydrogen-bond acceptors (Lipinski definition) is 3. The van der Waals surface area contributed by atoms with Gasteiger partial charge < -0.3 is 4.90 Å². The zero-order valence-corrected chi connectivity index (χ0v) is 18.9. The monoisotopic (exact) mass is 423 g/mol. The van der Waals surface area contributed by atoms with Crippen molar-refractivity contribution in [1.29, 1.82) is 0 Å². The number of allylic oxidation sites excluding steroid dienone is 8. The zero-order valence-electron chi connectivity index (χ0n) is 18.9. The maximum Gasteiger partial charge on any atom is 0.189 e. The molecule has 0 N–H and O–H groups in total. The molecule has 0 radical (unpaired) electrons. The fourth-order valence-electron chi connectivity index (χ4n) is 3.24. The van der Waals surface area contributed by atoms with Crippen molar-refractivity contribution in [3.8, 4) is 0 Å². The Morgan fingerprint density at radius 1 is 0.938 bits per heavy atom. The lowest BCUT2D eigenvalue weighted by atomic mass is 9.98. The second-order valence-electron chi connectivity index (χ2n) is 7.16. The number of ketones is 1. The summed E-state index contributed by atoms with van der Waals surface area (Å²) >= 11 is 0. The molecule has 3 heteroatoms. The van der Waals surface area contributed by atoms with E-state index in [1.807, 2.05) is 73.7 Å². The standard InChI is InChI=1S/C29H29NO2/c1-6-12-25(8-3)30(26-14-10-9-11-15-26)27-18-16-24(17-19-27)20-22(4)29(32)28(13-7-2)23(5)21-31/h6-21H,1,3H2,2,4-5H3/b13-7-,22-20-,25-12+,28-23-. The van der Waals surface area contributed by atoms with Crippen LogP contribution >= 0.6 is 0 Å². The third kappa shape index (κ3) is 6.02. The molecule has 0 saturated carbocycles. The van der Waals surface area contributed by atoms with Gasteiger partial charge in [-0.25, -0.2) is 0 Å². The van der Waals surface area contributed by atoms with Crippen LogP contribution in [0.15, 0.2) is 121 Å². The van der Waals surface area contributed by atoms with Gasteiger partial charge in [0.25, 0.3) is 0 Å². The molecule has 0 atom stereocenters. The summed E-state index contributed by atoms with van der Waals surface area (Å²) < 4.78 is 0. The van der Waals surface area contributed by atoms with E-state index >= 15 is 0 Å². The van der Waals surface area contributed by atoms with Crippen LogP contribution in [0.3, 0.4) is 0 Å². The van der Waals surface area contributed by atoms with Gasteiger partial charge in [0.05, 0.1) is 0 Å². The third-order valence-electron chi connectivity index (χ3n) is 4.84. The van der Waals surface area contributed by atoms with Crippen LogP contribution in [0.5, 0.6) is 0 Å². The topological polar surface area (TPSA) is 37.4 Å². The second kappa shape index (κ2) is 12.0. The highest BCUT2D eigenvalue weighted by Gasteiger charge is 2.14. The molecule has 2 aromatic rings.